The molecule has 2 aromatic rings. The van der Waals surface area contributed by atoms with Crippen LogP contribution in [0.1, 0.15) is 31.4 Å². The van der Waals surface area contributed by atoms with Crippen molar-refractivity contribution in [2.24, 2.45) is 7.05 Å². The van der Waals surface area contributed by atoms with Gasteiger partial charge in [-0.3, -0.25) is 9.59 Å². The van der Waals surface area contributed by atoms with Gasteiger partial charge in [0, 0.05) is 23.7 Å². The third kappa shape index (κ3) is 2.51. The number of hydrogen-bond acceptors (Lipinski definition) is 6. The minimum absolute atomic E-state index is 0.0990. The number of β-lactam (4-membered cyclic amide) rings is 1. The van der Waals surface area contributed by atoms with E-state index in [0.717, 1.165) is 5.69 Å². The Labute approximate surface area is 148 Å². The van der Waals surface area contributed by atoms with Crippen LogP contribution < -0.4 is 5.32 Å². The number of aromatic amines is 1. The highest BCUT2D eigenvalue weighted by atomic mass is 32.2. The van der Waals surface area contributed by atoms with Crippen molar-refractivity contribution in [2.75, 3.05) is 0 Å². The summed E-state index contributed by atoms with van der Waals surface area (Å²) in [6.45, 7) is 4.10. The molecule has 2 aliphatic heterocycles. The molecule has 2 saturated heterocycles. The minimum atomic E-state index is -0.506. The van der Waals surface area contributed by atoms with Gasteiger partial charge in [0.2, 0.25) is 11.8 Å². The van der Waals surface area contributed by atoms with Gasteiger partial charge in [0.25, 0.3) is 0 Å². The molecule has 2 N–H and O–H groups in total. The zero-order valence-corrected chi connectivity index (χ0v) is 14.9. The number of aromatic nitrogens is 5. The zero-order chi connectivity index (χ0) is 17.8. The summed E-state index contributed by atoms with van der Waals surface area (Å²) in [7, 11) is 1.89. The number of tetrazole rings is 1. The lowest BCUT2D eigenvalue weighted by Crippen LogP contribution is -2.68. The van der Waals surface area contributed by atoms with Gasteiger partial charge < -0.3 is 14.8 Å². The molecule has 3 atom stereocenters. The number of amides is 2. The Morgan fingerprint density at radius 3 is 2.92 bits per heavy atom. The summed E-state index contributed by atoms with van der Waals surface area (Å²) in [6, 6.07) is 3.03. The van der Waals surface area contributed by atoms with Gasteiger partial charge in [0.05, 0.1) is 6.42 Å². The Morgan fingerprint density at radius 1 is 1.48 bits per heavy atom. The number of carbonyl (C=O) groups is 2. The normalized spacial score (nSPS) is 27.1. The third-order valence-electron chi connectivity index (χ3n) is 4.76. The first-order valence-corrected chi connectivity index (χ1v) is 8.89. The number of thioether (sulfide) groups is 1. The predicted octanol–water partition coefficient (Wildman–Crippen LogP) is 0.000500. The second-order valence-electron chi connectivity index (χ2n) is 6.86. The van der Waals surface area contributed by atoms with E-state index in [1.54, 1.807) is 16.7 Å². The second kappa shape index (κ2) is 5.58. The van der Waals surface area contributed by atoms with Gasteiger partial charge >= 0.3 is 0 Å². The Kier molecular flexibility index (Phi) is 3.60. The van der Waals surface area contributed by atoms with Crippen LogP contribution in [0.5, 0.6) is 0 Å². The van der Waals surface area contributed by atoms with E-state index >= 15 is 0 Å². The monoisotopic (exact) mass is 361 g/mol. The van der Waals surface area contributed by atoms with Gasteiger partial charge in [-0.05, 0) is 26.0 Å². The van der Waals surface area contributed by atoms with E-state index in [2.05, 4.69) is 25.9 Å². The number of fused-ring (bicyclic) bond motifs is 1. The third-order valence-corrected chi connectivity index (χ3v) is 6.33. The molecule has 9 nitrogen and oxygen atoms in total. The molecule has 0 aliphatic carbocycles. The maximum atomic E-state index is 12.6. The molecule has 2 aliphatic rings. The first kappa shape index (κ1) is 16.1. The molecular weight excluding hydrogens is 342 g/mol. The van der Waals surface area contributed by atoms with Crippen molar-refractivity contribution in [3.8, 4) is 0 Å². The quantitative estimate of drug-likeness (QED) is 0.742. The van der Waals surface area contributed by atoms with Crippen molar-refractivity contribution in [2.45, 2.75) is 42.5 Å². The molecule has 4 heterocycles. The zero-order valence-electron chi connectivity index (χ0n) is 14.1. The van der Waals surface area contributed by atoms with Crippen LogP contribution in [0.3, 0.4) is 0 Å². The molecule has 2 amide bonds. The fourth-order valence-corrected chi connectivity index (χ4v) is 5.15. The largest absolute Gasteiger partial charge is 0.354 e. The Bertz CT molecular complexity index is 816. The lowest BCUT2D eigenvalue weighted by atomic mass is 9.95. The van der Waals surface area contributed by atoms with Crippen LogP contribution in [0, 0.1) is 0 Å². The van der Waals surface area contributed by atoms with Crippen molar-refractivity contribution in [3.05, 3.63) is 29.8 Å². The Morgan fingerprint density at radius 2 is 2.28 bits per heavy atom. The molecule has 2 unspecified atom stereocenters. The van der Waals surface area contributed by atoms with E-state index in [1.165, 1.54) is 0 Å². The molecule has 2 fully saturated rings. The molecule has 2 aromatic heterocycles. The summed E-state index contributed by atoms with van der Waals surface area (Å²) in [5.74, 6) is 0.251. The van der Waals surface area contributed by atoms with Gasteiger partial charge in [-0.25, -0.2) is 0 Å². The number of nitrogens with one attached hydrogen (secondary N) is 2. The first-order chi connectivity index (χ1) is 11.9. The number of nitrogens with zero attached hydrogens (tertiary/aromatic N) is 5. The molecule has 0 aromatic carbocycles. The lowest BCUT2D eigenvalue weighted by Gasteiger charge is -2.44. The van der Waals surface area contributed by atoms with Gasteiger partial charge in [0.15, 0.2) is 5.82 Å². The van der Waals surface area contributed by atoms with Crippen molar-refractivity contribution in [1.29, 1.82) is 0 Å². The summed E-state index contributed by atoms with van der Waals surface area (Å²) in [5, 5.41) is 16.9. The highest BCUT2D eigenvalue weighted by Gasteiger charge is 2.63. The fourth-order valence-electron chi connectivity index (χ4n) is 3.52. The molecular formula is C15H19N7O2S. The highest BCUT2D eigenvalue weighted by molar-refractivity contribution is 8.01. The van der Waals surface area contributed by atoms with Crippen molar-refractivity contribution in [3.63, 3.8) is 0 Å². The maximum absolute atomic E-state index is 12.6. The van der Waals surface area contributed by atoms with E-state index in [-0.39, 0.29) is 34.4 Å². The van der Waals surface area contributed by atoms with Gasteiger partial charge in [0.1, 0.15) is 17.5 Å². The molecule has 0 radical (unpaired) electrons. The van der Waals surface area contributed by atoms with Gasteiger partial charge in [-0.15, -0.1) is 22.0 Å². The number of hydrogen-bond donors (Lipinski definition) is 2. The molecule has 0 bridgehead atoms. The Balaban J connectivity index is 1.47. The van der Waals surface area contributed by atoms with Crippen molar-refractivity contribution in [1.82, 2.24) is 35.4 Å². The second-order valence-corrected chi connectivity index (χ2v) is 8.63. The minimum Gasteiger partial charge on any atom is -0.354 e. The molecule has 0 spiro atoms. The predicted molar refractivity (Wildman–Crippen MR) is 90.3 cm³/mol. The SMILES string of the molecule is Cn1cccc1CC(=O)NC1C(=O)N2C(c3nn[nH]n3)C(C)(C)S[C@@H]12. The summed E-state index contributed by atoms with van der Waals surface area (Å²) >= 11 is 1.65. The standard InChI is InChI=1S/C15H19N7O2S/c1-15(2)11(12-17-19-20-18-12)22-13(24)10(14(22)25-15)16-9(23)7-8-5-4-6-21(8)3/h4-6,10-11,14H,7H2,1-3H3,(H,16,23)(H,17,18,19,20)/t10?,11?,14-/m0/s1. The fraction of sp³-hybridized carbons (Fsp3) is 0.533. The van der Waals surface area contributed by atoms with Crippen molar-refractivity contribution < 1.29 is 9.59 Å². The van der Waals surface area contributed by atoms with E-state index in [1.807, 2.05) is 43.8 Å². The summed E-state index contributed by atoms with van der Waals surface area (Å²) < 4.78 is 1.63. The van der Waals surface area contributed by atoms with Gasteiger partial charge in [-0.1, -0.05) is 5.21 Å². The summed E-state index contributed by atoms with van der Waals surface area (Å²) in [5.41, 5.74) is 0.908. The summed E-state index contributed by atoms with van der Waals surface area (Å²) in [4.78, 5) is 26.7. The van der Waals surface area contributed by atoms with E-state index in [4.69, 9.17) is 0 Å². The highest BCUT2D eigenvalue weighted by Crippen LogP contribution is 2.56. The molecule has 0 saturated carbocycles. The molecule has 4 rings (SSSR count). The number of aryl methyl sites for hydroxylation is 1. The van der Waals surface area contributed by atoms with Crippen LogP contribution >= 0.6 is 11.8 Å². The number of H-pyrrole nitrogens is 1. The number of rotatable bonds is 4. The smallest absolute Gasteiger partial charge is 0.249 e. The van der Waals surface area contributed by atoms with Crippen LogP contribution in [0.25, 0.3) is 0 Å². The van der Waals surface area contributed by atoms with E-state index < -0.39 is 6.04 Å². The van der Waals surface area contributed by atoms with Crippen LogP contribution in [-0.4, -0.2) is 58.1 Å². The molecule has 132 valence electrons. The van der Waals surface area contributed by atoms with E-state index in [9.17, 15) is 9.59 Å². The van der Waals surface area contributed by atoms with Crippen molar-refractivity contribution >= 4 is 23.6 Å². The van der Waals surface area contributed by atoms with Crippen LogP contribution in [0.4, 0.5) is 0 Å². The molecule has 10 heteroatoms. The summed E-state index contributed by atoms with van der Waals surface area (Å²) in [6.07, 6.45) is 2.14. The van der Waals surface area contributed by atoms with Crippen LogP contribution in [0.2, 0.25) is 0 Å². The van der Waals surface area contributed by atoms with Crippen LogP contribution in [0.15, 0.2) is 18.3 Å². The van der Waals surface area contributed by atoms with Gasteiger partial charge in [-0.2, -0.15) is 5.21 Å². The topological polar surface area (TPSA) is 109 Å². The maximum Gasteiger partial charge on any atom is 0.249 e. The van der Waals surface area contributed by atoms with E-state index in [0.29, 0.717) is 5.82 Å². The Hall–Kier alpha value is -2.36. The molecule has 25 heavy (non-hydrogen) atoms. The average molecular weight is 361 g/mol. The van der Waals surface area contributed by atoms with Crippen LogP contribution in [-0.2, 0) is 23.1 Å². The number of carbonyl (C=O) groups excluding carboxylic acids is 2. The lowest BCUT2D eigenvalue weighted by molar-refractivity contribution is -0.151. The average Bonchev–Trinajstić information content (AvgIpc) is 3.25. The first-order valence-electron chi connectivity index (χ1n) is 8.01.